The van der Waals surface area contributed by atoms with E-state index >= 15 is 0 Å². The van der Waals surface area contributed by atoms with E-state index in [-0.39, 0.29) is 10.7 Å². The highest BCUT2D eigenvalue weighted by molar-refractivity contribution is 9.10. The van der Waals surface area contributed by atoms with E-state index in [1.54, 1.807) is 37.8 Å². The van der Waals surface area contributed by atoms with Crippen LogP contribution in [0.5, 0.6) is 0 Å². The van der Waals surface area contributed by atoms with Gasteiger partial charge < -0.3 is 0 Å². The topological polar surface area (TPSA) is 76.9 Å². The Bertz CT molecular complexity index is 768. The lowest BCUT2D eigenvalue weighted by molar-refractivity contribution is 0.599. The zero-order valence-corrected chi connectivity index (χ0v) is 14.0. The van der Waals surface area contributed by atoms with Gasteiger partial charge in [0, 0.05) is 17.7 Å². The van der Waals surface area contributed by atoms with Gasteiger partial charge in [0.1, 0.15) is 10.7 Å². The standard InChI is InChI=1S/C12H15BrN4O2S/c1-7-5-11(14-6-10(7)13)16-20(18,19)12-8(2)15-17(4)9(12)3/h5-6H,1-4H3,(H,14,16). The van der Waals surface area contributed by atoms with Crippen LogP contribution in [0.15, 0.2) is 21.6 Å². The molecule has 0 aliphatic heterocycles. The van der Waals surface area contributed by atoms with Gasteiger partial charge in [-0.3, -0.25) is 9.40 Å². The minimum absolute atomic E-state index is 0.197. The van der Waals surface area contributed by atoms with Gasteiger partial charge in [0.05, 0.1) is 11.4 Å². The van der Waals surface area contributed by atoms with E-state index in [4.69, 9.17) is 0 Å². The van der Waals surface area contributed by atoms with Crippen LogP contribution >= 0.6 is 15.9 Å². The molecule has 0 unspecified atom stereocenters. The molecule has 2 rings (SSSR count). The summed E-state index contributed by atoms with van der Waals surface area (Å²) in [5.74, 6) is 0.286. The number of aromatic nitrogens is 3. The number of pyridine rings is 1. The largest absolute Gasteiger partial charge is 0.271 e. The highest BCUT2D eigenvalue weighted by Gasteiger charge is 2.24. The summed E-state index contributed by atoms with van der Waals surface area (Å²) >= 11 is 3.33. The molecule has 0 saturated heterocycles. The van der Waals surface area contributed by atoms with Gasteiger partial charge >= 0.3 is 0 Å². The zero-order valence-electron chi connectivity index (χ0n) is 11.6. The molecule has 0 fully saturated rings. The van der Waals surface area contributed by atoms with Crippen LogP contribution in [0.3, 0.4) is 0 Å². The lowest BCUT2D eigenvalue weighted by atomic mass is 10.3. The van der Waals surface area contributed by atoms with Crippen molar-refractivity contribution in [3.63, 3.8) is 0 Å². The van der Waals surface area contributed by atoms with Crippen molar-refractivity contribution in [2.24, 2.45) is 7.05 Å². The van der Waals surface area contributed by atoms with E-state index < -0.39 is 10.0 Å². The zero-order chi connectivity index (χ0) is 15.1. The number of hydrogen-bond donors (Lipinski definition) is 1. The summed E-state index contributed by atoms with van der Waals surface area (Å²) in [7, 11) is -1.98. The normalized spacial score (nSPS) is 11.7. The predicted molar refractivity (Wildman–Crippen MR) is 80.2 cm³/mol. The highest BCUT2D eigenvalue weighted by Crippen LogP contribution is 2.23. The molecule has 20 heavy (non-hydrogen) atoms. The van der Waals surface area contributed by atoms with Gasteiger partial charge in [-0.25, -0.2) is 13.4 Å². The third-order valence-electron chi connectivity index (χ3n) is 3.00. The van der Waals surface area contributed by atoms with E-state index in [2.05, 4.69) is 30.7 Å². The molecule has 2 heterocycles. The number of nitrogens with zero attached hydrogens (tertiary/aromatic N) is 3. The molecule has 0 aliphatic rings. The van der Waals surface area contributed by atoms with Gasteiger partial charge in [0.25, 0.3) is 10.0 Å². The van der Waals surface area contributed by atoms with Gasteiger partial charge in [-0.2, -0.15) is 5.10 Å². The fourth-order valence-corrected chi connectivity index (χ4v) is 3.58. The first-order valence-electron chi connectivity index (χ1n) is 5.87. The Hall–Kier alpha value is -1.41. The van der Waals surface area contributed by atoms with Gasteiger partial charge in [-0.1, -0.05) is 0 Å². The number of halogens is 1. The third-order valence-corrected chi connectivity index (χ3v) is 5.43. The molecule has 0 spiro atoms. The Balaban J connectivity index is 2.43. The van der Waals surface area contributed by atoms with E-state index in [1.165, 1.54) is 0 Å². The van der Waals surface area contributed by atoms with Crippen LogP contribution in [-0.4, -0.2) is 23.2 Å². The first-order chi connectivity index (χ1) is 9.22. The average molecular weight is 359 g/mol. The van der Waals surface area contributed by atoms with Crippen molar-refractivity contribution in [3.05, 3.63) is 33.7 Å². The molecule has 0 aliphatic carbocycles. The fourth-order valence-electron chi connectivity index (χ4n) is 1.93. The predicted octanol–water partition coefficient (Wildman–Crippen LogP) is 2.30. The van der Waals surface area contributed by atoms with Gasteiger partial charge in [0.15, 0.2) is 0 Å². The number of sulfonamides is 1. The second-order valence-corrected chi connectivity index (χ2v) is 7.02. The number of rotatable bonds is 3. The van der Waals surface area contributed by atoms with Crippen LogP contribution in [0.25, 0.3) is 0 Å². The summed E-state index contributed by atoms with van der Waals surface area (Å²) in [6.07, 6.45) is 1.57. The molecule has 108 valence electrons. The molecule has 0 aromatic carbocycles. The van der Waals surface area contributed by atoms with Crippen molar-refractivity contribution in [2.75, 3.05) is 4.72 Å². The number of anilines is 1. The number of nitrogens with one attached hydrogen (secondary N) is 1. The van der Waals surface area contributed by atoms with Crippen molar-refractivity contribution in [2.45, 2.75) is 25.7 Å². The van der Waals surface area contributed by atoms with Crippen LogP contribution in [0, 0.1) is 20.8 Å². The minimum atomic E-state index is -3.69. The monoisotopic (exact) mass is 358 g/mol. The smallest absolute Gasteiger partial charge is 0.266 e. The van der Waals surface area contributed by atoms with Crippen molar-refractivity contribution >= 4 is 31.8 Å². The summed E-state index contributed by atoms with van der Waals surface area (Å²) in [4.78, 5) is 4.25. The van der Waals surface area contributed by atoms with Crippen molar-refractivity contribution in [3.8, 4) is 0 Å². The van der Waals surface area contributed by atoms with Crippen LogP contribution < -0.4 is 4.72 Å². The van der Waals surface area contributed by atoms with Crippen LogP contribution in [0.4, 0.5) is 5.82 Å². The van der Waals surface area contributed by atoms with Crippen molar-refractivity contribution in [1.82, 2.24) is 14.8 Å². The third kappa shape index (κ3) is 2.71. The minimum Gasteiger partial charge on any atom is -0.271 e. The summed E-state index contributed by atoms with van der Waals surface area (Å²) in [6.45, 7) is 5.25. The molecule has 6 nitrogen and oxygen atoms in total. The lowest BCUT2D eigenvalue weighted by Crippen LogP contribution is -2.15. The van der Waals surface area contributed by atoms with E-state index in [1.807, 2.05) is 6.92 Å². The van der Waals surface area contributed by atoms with Crippen LogP contribution in [0.1, 0.15) is 17.0 Å². The van der Waals surface area contributed by atoms with Crippen LogP contribution in [0.2, 0.25) is 0 Å². The molecule has 0 bridgehead atoms. The Morgan fingerprint density at radius 2 is 1.95 bits per heavy atom. The Kier molecular flexibility index (Phi) is 3.88. The Morgan fingerprint density at radius 1 is 1.30 bits per heavy atom. The van der Waals surface area contributed by atoms with Gasteiger partial charge in [-0.05, 0) is 48.3 Å². The van der Waals surface area contributed by atoms with Crippen LogP contribution in [-0.2, 0) is 17.1 Å². The summed E-state index contributed by atoms with van der Waals surface area (Å²) in [5, 5.41) is 4.12. The molecular formula is C12H15BrN4O2S. The molecule has 2 aromatic heterocycles. The number of hydrogen-bond acceptors (Lipinski definition) is 4. The molecule has 0 amide bonds. The van der Waals surface area contributed by atoms with Gasteiger partial charge in [0.2, 0.25) is 0 Å². The molecule has 1 N–H and O–H groups in total. The van der Waals surface area contributed by atoms with E-state index in [0.717, 1.165) is 10.0 Å². The average Bonchev–Trinajstić information content (AvgIpc) is 2.58. The molecule has 0 radical (unpaired) electrons. The van der Waals surface area contributed by atoms with Gasteiger partial charge in [-0.15, -0.1) is 0 Å². The molecule has 2 aromatic rings. The quantitative estimate of drug-likeness (QED) is 0.912. The van der Waals surface area contributed by atoms with E-state index in [9.17, 15) is 8.42 Å². The molecule has 8 heteroatoms. The maximum Gasteiger partial charge on any atom is 0.266 e. The molecule has 0 atom stereocenters. The summed E-state index contributed by atoms with van der Waals surface area (Å²) < 4.78 is 29.7. The van der Waals surface area contributed by atoms with Crippen molar-refractivity contribution in [1.29, 1.82) is 0 Å². The lowest BCUT2D eigenvalue weighted by Gasteiger charge is -2.08. The maximum absolute atomic E-state index is 12.4. The SMILES string of the molecule is Cc1cc(NS(=O)(=O)c2c(C)nn(C)c2C)ncc1Br. The second kappa shape index (κ2) is 5.17. The molecule has 0 saturated carbocycles. The molecular weight excluding hydrogens is 344 g/mol. The van der Waals surface area contributed by atoms with Crippen molar-refractivity contribution < 1.29 is 8.42 Å². The second-order valence-electron chi connectivity index (χ2n) is 4.55. The maximum atomic E-state index is 12.4. The van der Waals surface area contributed by atoms with E-state index in [0.29, 0.717) is 11.4 Å². The first-order valence-corrected chi connectivity index (χ1v) is 8.15. The highest BCUT2D eigenvalue weighted by atomic mass is 79.9. The number of aryl methyl sites for hydroxylation is 3. The Morgan fingerprint density at radius 3 is 2.45 bits per heavy atom. The fraction of sp³-hybridized carbons (Fsp3) is 0.333. The summed E-state index contributed by atoms with van der Waals surface area (Å²) in [5.41, 5.74) is 1.95. The first kappa shape index (κ1) is 15.0. The summed E-state index contributed by atoms with van der Waals surface area (Å²) in [6, 6.07) is 1.67. The Labute approximate surface area is 126 Å².